The molecule has 0 aliphatic carbocycles. The van der Waals surface area contributed by atoms with Gasteiger partial charge in [0, 0.05) is 10.7 Å². The van der Waals surface area contributed by atoms with Gasteiger partial charge in [0.2, 0.25) is 0 Å². The maximum absolute atomic E-state index is 11.8. The first-order chi connectivity index (χ1) is 9.66. The lowest BCUT2D eigenvalue weighted by molar-refractivity contribution is -0.0380. The van der Waals surface area contributed by atoms with Crippen LogP contribution >= 0.6 is 11.6 Å². The van der Waals surface area contributed by atoms with Gasteiger partial charge in [-0.2, -0.15) is 0 Å². The summed E-state index contributed by atoms with van der Waals surface area (Å²) in [6.45, 7) is 0.250. The summed E-state index contributed by atoms with van der Waals surface area (Å²) >= 11 is 5.76. The van der Waals surface area contributed by atoms with E-state index in [1.807, 2.05) is 30.3 Å². The van der Waals surface area contributed by atoms with E-state index >= 15 is 0 Å². The highest BCUT2D eigenvalue weighted by Crippen LogP contribution is 2.18. The molecule has 2 aromatic rings. The molecule has 104 valence electrons. The van der Waals surface area contributed by atoms with Crippen molar-refractivity contribution >= 4 is 23.3 Å². The lowest BCUT2D eigenvalue weighted by Gasteiger charge is -2.08. The Hall–Kier alpha value is -2.04. The minimum atomic E-state index is -0.535. The molecule has 5 heteroatoms. The molecule has 0 radical (unpaired) electrons. The van der Waals surface area contributed by atoms with E-state index in [0.717, 1.165) is 5.56 Å². The quantitative estimate of drug-likeness (QED) is 0.397. The van der Waals surface area contributed by atoms with Crippen LogP contribution < -0.4 is 5.73 Å². The van der Waals surface area contributed by atoms with Crippen LogP contribution in [0, 0.1) is 0 Å². The molecule has 0 saturated heterocycles. The molecular weight excluding hydrogens is 278 g/mol. The fraction of sp³-hybridized carbons (Fsp3) is 0.133. The summed E-state index contributed by atoms with van der Waals surface area (Å²) < 4.78 is 10.3. The van der Waals surface area contributed by atoms with Crippen LogP contribution in [-0.4, -0.2) is 12.8 Å². The van der Waals surface area contributed by atoms with Crippen LogP contribution in [0.2, 0.25) is 5.02 Å². The third kappa shape index (κ3) is 3.98. The number of benzene rings is 2. The van der Waals surface area contributed by atoms with Gasteiger partial charge in [0.1, 0.15) is 0 Å². The molecule has 4 nitrogen and oxygen atoms in total. The number of nitrogens with two attached hydrogens (primary N) is 1. The minimum Gasteiger partial charge on any atom is -0.435 e. The highest BCUT2D eigenvalue weighted by Gasteiger charge is 2.11. The normalized spacial score (nSPS) is 10.2. The van der Waals surface area contributed by atoms with Gasteiger partial charge >= 0.3 is 5.97 Å². The van der Waals surface area contributed by atoms with Crippen molar-refractivity contribution in [2.75, 3.05) is 12.5 Å². The summed E-state index contributed by atoms with van der Waals surface area (Å²) in [5.74, 6) is -0.535. The average Bonchev–Trinajstić information content (AvgIpc) is 2.44. The van der Waals surface area contributed by atoms with E-state index in [1.165, 1.54) is 12.1 Å². The van der Waals surface area contributed by atoms with Gasteiger partial charge in [-0.1, -0.05) is 41.9 Å². The maximum Gasteiger partial charge on any atom is 0.342 e. The van der Waals surface area contributed by atoms with E-state index in [2.05, 4.69) is 0 Å². The SMILES string of the molecule is Nc1cc(Cl)ccc1C(=O)OCOCc1ccccc1. The topological polar surface area (TPSA) is 61.6 Å². The smallest absolute Gasteiger partial charge is 0.342 e. The van der Waals surface area contributed by atoms with Gasteiger partial charge in [-0.05, 0) is 23.8 Å². The average molecular weight is 292 g/mol. The molecular formula is C15H14ClNO3. The molecule has 0 bridgehead atoms. The molecule has 0 aliphatic rings. The zero-order valence-corrected chi connectivity index (χ0v) is 11.5. The number of rotatable bonds is 5. The number of hydrogen-bond acceptors (Lipinski definition) is 4. The molecule has 0 heterocycles. The molecule has 0 spiro atoms. The number of esters is 1. The van der Waals surface area contributed by atoms with Crippen molar-refractivity contribution in [3.8, 4) is 0 Å². The molecule has 0 unspecified atom stereocenters. The highest BCUT2D eigenvalue weighted by atomic mass is 35.5. The molecule has 0 aromatic heterocycles. The summed E-state index contributed by atoms with van der Waals surface area (Å²) in [6, 6.07) is 14.2. The Labute approximate surface area is 122 Å². The number of carbonyl (C=O) groups is 1. The zero-order chi connectivity index (χ0) is 14.4. The lowest BCUT2D eigenvalue weighted by Crippen LogP contribution is -2.11. The van der Waals surface area contributed by atoms with E-state index in [1.54, 1.807) is 6.07 Å². The molecule has 2 N–H and O–H groups in total. The second kappa shape index (κ2) is 6.93. The van der Waals surface area contributed by atoms with Gasteiger partial charge in [-0.15, -0.1) is 0 Å². The Bertz CT molecular complexity index is 587. The largest absolute Gasteiger partial charge is 0.435 e. The summed E-state index contributed by atoms with van der Waals surface area (Å²) in [5, 5.41) is 0.472. The van der Waals surface area contributed by atoms with Gasteiger partial charge < -0.3 is 15.2 Å². The van der Waals surface area contributed by atoms with Crippen molar-refractivity contribution in [1.82, 2.24) is 0 Å². The van der Waals surface area contributed by atoms with Crippen LogP contribution in [0.5, 0.6) is 0 Å². The third-order valence-electron chi connectivity index (χ3n) is 2.62. The number of anilines is 1. The Morgan fingerprint density at radius 1 is 1.15 bits per heavy atom. The zero-order valence-electron chi connectivity index (χ0n) is 10.7. The van der Waals surface area contributed by atoms with Crippen molar-refractivity contribution in [1.29, 1.82) is 0 Å². The van der Waals surface area contributed by atoms with E-state index in [0.29, 0.717) is 11.6 Å². The second-order valence-corrected chi connectivity index (χ2v) is 4.55. The molecule has 2 aromatic carbocycles. The van der Waals surface area contributed by atoms with E-state index < -0.39 is 5.97 Å². The van der Waals surface area contributed by atoms with Crippen molar-refractivity contribution in [2.24, 2.45) is 0 Å². The number of halogens is 1. The van der Waals surface area contributed by atoms with Gasteiger partial charge in [-0.3, -0.25) is 0 Å². The molecule has 0 atom stereocenters. The first-order valence-electron chi connectivity index (χ1n) is 6.00. The van der Waals surface area contributed by atoms with Gasteiger partial charge in [0.05, 0.1) is 12.2 Å². The fourth-order valence-electron chi connectivity index (χ4n) is 1.63. The van der Waals surface area contributed by atoms with Gasteiger partial charge in [0.25, 0.3) is 0 Å². The molecule has 0 saturated carbocycles. The van der Waals surface area contributed by atoms with Gasteiger partial charge in [-0.25, -0.2) is 4.79 Å². The minimum absolute atomic E-state index is 0.129. The predicted octanol–water partition coefficient (Wildman–Crippen LogP) is 3.25. The highest BCUT2D eigenvalue weighted by molar-refractivity contribution is 6.31. The van der Waals surface area contributed by atoms with Crippen LogP contribution in [0.1, 0.15) is 15.9 Å². The molecule has 0 aliphatic heterocycles. The fourth-order valence-corrected chi connectivity index (χ4v) is 1.81. The Kier molecular flexibility index (Phi) is 4.98. The number of nitrogen functional groups attached to an aromatic ring is 1. The van der Waals surface area contributed by atoms with Crippen LogP contribution in [0.15, 0.2) is 48.5 Å². The summed E-state index contributed by atoms with van der Waals surface area (Å²) in [6.07, 6.45) is 0. The maximum atomic E-state index is 11.8. The number of hydrogen-bond donors (Lipinski definition) is 1. The third-order valence-corrected chi connectivity index (χ3v) is 2.85. The van der Waals surface area contributed by atoms with Crippen LogP contribution in [-0.2, 0) is 16.1 Å². The van der Waals surface area contributed by atoms with E-state index in [-0.39, 0.29) is 18.0 Å². The van der Waals surface area contributed by atoms with E-state index in [4.69, 9.17) is 26.8 Å². The van der Waals surface area contributed by atoms with Crippen molar-refractivity contribution in [2.45, 2.75) is 6.61 Å². The molecule has 0 fully saturated rings. The van der Waals surface area contributed by atoms with E-state index in [9.17, 15) is 4.79 Å². The first kappa shape index (κ1) is 14.4. The van der Waals surface area contributed by atoms with Crippen LogP contribution in [0.25, 0.3) is 0 Å². The molecule has 2 rings (SSSR count). The monoisotopic (exact) mass is 291 g/mol. The van der Waals surface area contributed by atoms with Crippen molar-refractivity contribution < 1.29 is 14.3 Å². The Balaban J connectivity index is 1.80. The van der Waals surface area contributed by atoms with Crippen molar-refractivity contribution in [3.63, 3.8) is 0 Å². The van der Waals surface area contributed by atoms with Crippen molar-refractivity contribution in [3.05, 3.63) is 64.7 Å². The predicted molar refractivity (Wildman–Crippen MR) is 77.4 cm³/mol. The Morgan fingerprint density at radius 2 is 1.90 bits per heavy atom. The summed E-state index contributed by atoms with van der Waals surface area (Å²) in [5.41, 5.74) is 7.26. The standard InChI is InChI=1S/C15H14ClNO3/c16-12-6-7-13(14(17)8-12)15(18)20-10-19-9-11-4-2-1-3-5-11/h1-8H,9-10,17H2. The first-order valence-corrected chi connectivity index (χ1v) is 6.38. The molecule has 20 heavy (non-hydrogen) atoms. The lowest BCUT2D eigenvalue weighted by atomic mass is 10.2. The van der Waals surface area contributed by atoms with Crippen LogP contribution in [0.4, 0.5) is 5.69 Å². The molecule has 0 amide bonds. The Morgan fingerprint density at radius 3 is 2.60 bits per heavy atom. The number of ether oxygens (including phenoxy) is 2. The number of carbonyl (C=O) groups excluding carboxylic acids is 1. The van der Waals surface area contributed by atoms with Crippen LogP contribution in [0.3, 0.4) is 0 Å². The summed E-state index contributed by atoms with van der Waals surface area (Å²) in [7, 11) is 0. The summed E-state index contributed by atoms with van der Waals surface area (Å²) in [4.78, 5) is 11.8. The van der Waals surface area contributed by atoms with Gasteiger partial charge in [0.15, 0.2) is 6.79 Å². The second-order valence-electron chi connectivity index (χ2n) is 4.12.